The number of allylic oxidation sites excluding steroid dienone is 4. The zero-order valence-corrected chi connectivity index (χ0v) is 21.2. The summed E-state index contributed by atoms with van der Waals surface area (Å²) < 4.78 is 70.9. The van der Waals surface area contributed by atoms with Crippen LogP contribution >= 0.6 is 11.8 Å². The van der Waals surface area contributed by atoms with Crippen molar-refractivity contribution in [3.63, 3.8) is 0 Å². The molecule has 2 saturated carbocycles. The third kappa shape index (κ3) is 3.64. The van der Waals surface area contributed by atoms with Gasteiger partial charge in [0.05, 0.1) is 0 Å². The van der Waals surface area contributed by atoms with E-state index in [1.165, 1.54) is 6.92 Å². The molecular formula is C28H31F5O2S. The monoisotopic (exact) mass is 526 g/mol. The Hall–Kier alpha value is -1.67. The van der Waals surface area contributed by atoms with Gasteiger partial charge in [0.25, 0.3) is 0 Å². The molecule has 0 heterocycles. The second kappa shape index (κ2) is 8.69. The minimum Gasteiger partial charge on any atom is -0.383 e. The van der Waals surface area contributed by atoms with Gasteiger partial charge in [-0.2, -0.15) is 22.0 Å². The Bertz CT molecular complexity index is 1120. The summed E-state index contributed by atoms with van der Waals surface area (Å²) >= 11 is 1.67. The summed E-state index contributed by atoms with van der Waals surface area (Å²) in [6, 6.07) is 7.82. The molecule has 2 fully saturated rings. The van der Waals surface area contributed by atoms with Crippen molar-refractivity contribution < 1.29 is 31.9 Å². The molecule has 0 unspecified atom stereocenters. The van der Waals surface area contributed by atoms with Crippen molar-refractivity contribution in [2.75, 3.05) is 5.75 Å². The molecule has 0 radical (unpaired) electrons. The standard InChI is InChI=1S/C28H31F5O2S/c1-3-36-19-8-4-16(5-9-19)22-15-25(2)23(12-13-26(25,35)27(29,30)28(31,32)33)21-10-6-17-14-18(34)7-11-20(17)24(21)22/h4-5,8-9,14,21-23,35H,3,6-7,10-13,15H2,1-2H3/t21-,22+,23-,25-,26-/m0/s1. The minimum absolute atomic E-state index is 0.0106. The number of carbonyl (C=O) groups excluding carboxylic acids is 1. The van der Waals surface area contributed by atoms with Crippen LogP contribution in [-0.4, -0.2) is 34.3 Å². The van der Waals surface area contributed by atoms with Gasteiger partial charge in [-0.05, 0) is 91.0 Å². The third-order valence-electron chi connectivity index (χ3n) is 9.36. The van der Waals surface area contributed by atoms with Crippen LogP contribution in [0.15, 0.2) is 52.0 Å². The van der Waals surface area contributed by atoms with Crippen LogP contribution in [-0.2, 0) is 4.79 Å². The van der Waals surface area contributed by atoms with Gasteiger partial charge in [0.15, 0.2) is 5.78 Å². The fourth-order valence-corrected chi connectivity index (χ4v) is 8.34. The van der Waals surface area contributed by atoms with E-state index in [0.717, 1.165) is 32.9 Å². The van der Waals surface area contributed by atoms with Gasteiger partial charge in [-0.15, -0.1) is 11.8 Å². The molecule has 5 rings (SSSR count). The Labute approximate surface area is 212 Å². The lowest BCUT2D eigenvalue weighted by molar-refractivity contribution is -0.362. The van der Waals surface area contributed by atoms with Gasteiger partial charge in [0.1, 0.15) is 5.60 Å². The van der Waals surface area contributed by atoms with Crippen LogP contribution < -0.4 is 0 Å². The normalized spacial score (nSPS) is 34.7. The van der Waals surface area contributed by atoms with Crippen molar-refractivity contribution >= 4 is 17.5 Å². The van der Waals surface area contributed by atoms with E-state index in [9.17, 15) is 23.1 Å². The lowest BCUT2D eigenvalue weighted by Gasteiger charge is -2.56. The third-order valence-corrected chi connectivity index (χ3v) is 10.2. The largest absolute Gasteiger partial charge is 0.456 e. The molecule has 4 aliphatic rings. The summed E-state index contributed by atoms with van der Waals surface area (Å²) in [4.78, 5) is 13.2. The van der Waals surface area contributed by atoms with Crippen LogP contribution in [0.1, 0.15) is 70.3 Å². The number of benzene rings is 1. The Balaban J connectivity index is 1.67. The highest BCUT2D eigenvalue weighted by Gasteiger charge is 2.79. The summed E-state index contributed by atoms with van der Waals surface area (Å²) in [5.74, 6) is -5.32. The average molecular weight is 527 g/mol. The Morgan fingerprint density at radius 1 is 1.06 bits per heavy atom. The highest BCUT2D eigenvalue weighted by atomic mass is 32.2. The number of rotatable bonds is 4. The van der Waals surface area contributed by atoms with Gasteiger partial charge >= 0.3 is 12.1 Å². The van der Waals surface area contributed by atoms with Crippen molar-refractivity contribution in [1.82, 2.24) is 0 Å². The Morgan fingerprint density at radius 3 is 2.39 bits per heavy atom. The Kier molecular flexibility index (Phi) is 6.26. The molecule has 1 aromatic carbocycles. The van der Waals surface area contributed by atoms with Gasteiger partial charge in [0, 0.05) is 22.6 Å². The van der Waals surface area contributed by atoms with Crippen LogP contribution in [0.25, 0.3) is 0 Å². The molecule has 0 aliphatic heterocycles. The molecule has 0 aromatic heterocycles. The molecule has 0 saturated heterocycles. The zero-order chi connectivity index (χ0) is 26.1. The zero-order valence-electron chi connectivity index (χ0n) is 20.4. The number of halogens is 5. The summed E-state index contributed by atoms with van der Waals surface area (Å²) in [5.41, 5.74) is -0.758. The second-order valence-electron chi connectivity index (χ2n) is 11.0. The number of ketones is 1. The predicted molar refractivity (Wildman–Crippen MR) is 129 cm³/mol. The molecule has 196 valence electrons. The SMILES string of the molecule is CCSc1ccc([C@H]2C[C@@]3(C)[C@@H](CC[C@@]3(O)C(F)(F)C(F)(F)F)[C@@H]3CCC4=CC(=O)CCC4=C32)cc1. The fraction of sp³-hybridized carbons (Fsp3) is 0.607. The first-order chi connectivity index (χ1) is 16.8. The first kappa shape index (κ1) is 26.0. The van der Waals surface area contributed by atoms with E-state index in [4.69, 9.17) is 0 Å². The van der Waals surface area contributed by atoms with E-state index in [1.807, 2.05) is 31.2 Å². The minimum atomic E-state index is -5.83. The second-order valence-corrected chi connectivity index (χ2v) is 12.3. The van der Waals surface area contributed by atoms with Crippen LogP contribution in [0.4, 0.5) is 22.0 Å². The van der Waals surface area contributed by atoms with Crippen molar-refractivity contribution in [2.24, 2.45) is 17.3 Å². The topological polar surface area (TPSA) is 37.3 Å². The molecule has 0 spiro atoms. The van der Waals surface area contributed by atoms with E-state index in [1.54, 1.807) is 17.8 Å². The van der Waals surface area contributed by atoms with Crippen molar-refractivity contribution in [1.29, 1.82) is 0 Å². The van der Waals surface area contributed by atoms with E-state index in [-0.39, 0.29) is 24.5 Å². The van der Waals surface area contributed by atoms with E-state index < -0.39 is 41.4 Å². The number of hydrogen-bond acceptors (Lipinski definition) is 3. The van der Waals surface area contributed by atoms with Crippen molar-refractivity contribution in [2.45, 2.75) is 87.3 Å². The summed E-state index contributed by atoms with van der Waals surface area (Å²) in [6.45, 7) is 3.50. The molecule has 2 nitrogen and oxygen atoms in total. The number of alkyl halides is 5. The van der Waals surface area contributed by atoms with Gasteiger partial charge in [-0.1, -0.05) is 31.6 Å². The van der Waals surface area contributed by atoms with Crippen LogP contribution in [0.2, 0.25) is 0 Å². The Morgan fingerprint density at radius 2 is 1.75 bits per heavy atom. The number of fused-ring (bicyclic) bond motifs is 4. The number of aliphatic hydroxyl groups is 1. The van der Waals surface area contributed by atoms with Crippen LogP contribution in [0.3, 0.4) is 0 Å². The molecule has 8 heteroatoms. The molecule has 0 bridgehead atoms. The quantitative estimate of drug-likeness (QED) is 0.324. The average Bonchev–Trinajstić information content (AvgIpc) is 3.10. The smallest absolute Gasteiger partial charge is 0.383 e. The molecular weight excluding hydrogens is 495 g/mol. The van der Waals surface area contributed by atoms with Gasteiger partial charge < -0.3 is 5.11 Å². The molecule has 5 atom stereocenters. The van der Waals surface area contributed by atoms with Crippen LogP contribution in [0, 0.1) is 17.3 Å². The van der Waals surface area contributed by atoms with Crippen LogP contribution in [0.5, 0.6) is 0 Å². The molecule has 1 aromatic rings. The predicted octanol–water partition coefficient (Wildman–Crippen LogP) is 7.63. The maximum absolute atomic E-state index is 15.0. The number of thioether (sulfide) groups is 1. The van der Waals surface area contributed by atoms with Crippen molar-refractivity contribution in [3.05, 3.63) is 52.6 Å². The van der Waals surface area contributed by atoms with Gasteiger partial charge in [-0.3, -0.25) is 4.79 Å². The van der Waals surface area contributed by atoms with Crippen molar-refractivity contribution in [3.8, 4) is 0 Å². The van der Waals surface area contributed by atoms with E-state index >= 15 is 8.78 Å². The maximum atomic E-state index is 15.0. The fourth-order valence-electron chi connectivity index (χ4n) is 7.68. The van der Waals surface area contributed by atoms with Gasteiger partial charge in [0.2, 0.25) is 0 Å². The molecule has 36 heavy (non-hydrogen) atoms. The highest BCUT2D eigenvalue weighted by molar-refractivity contribution is 7.99. The molecule has 0 amide bonds. The summed E-state index contributed by atoms with van der Waals surface area (Å²) in [6.07, 6.45) is -2.45. The first-order valence-corrected chi connectivity index (χ1v) is 13.7. The lowest BCUT2D eigenvalue weighted by Crippen LogP contribution is -2.65. The van der Waals surface area contributed by atoms with E-state index in [2.05, 4.69) is 0 Å². The van der Waals surface area contributed by atoms with Gasteiger partial charge in [-0.25, -0.2) is 0 Å². The van der Waals surface area contributed by atoms with E-state index in [0.29, 0.717) is 25.7 Å². The summed E-state index contributed by atoms with van der Waals surface area (Å²) in [7, 11) is 0. The summed E-state index contributed by atoms with van der Waals surface area (Å²) in [5, 5.41) is 11.3. The maximum Gasteiger partial charge on any atom is 0.456 e. The number of hydrogen-bond donors (Lipinski definition) is 1. The highest BCUT2D eigenvalue weighted by Crippen LogP contribution is 2.70. The lowest BCUT2D eigenvalue weighted by atomic mass is 9.50. The number of carbonyl (C=O) groups is 1. The first-order valence-electron chi connectivity index (χ1n) is 12.7. The molecule has 4 aliphatic carbocycles. The molecule has 1 N–H and O–H groups in total.